The fourth-order valence-electron chi connectivity index (χ4n) is 1.06. The summed E-state index contributed by atoms with van der Waals surface area (Å²) in [6.07, 6.45) is 0. The highest BCUT2D eigenvalue weighted by atomic mass is 34.1. The Hall–Kier alpha value is 1.83. The van der Waals surface area contributed by atoms with Gasteiger partial charge in [0.15, 0.2) is 2.74 Å². The Morgan fingerprint density at radius 2 is 1.62 bits per heavy atom. The van der Waals surface area contributed by atoms with Crippen LogP contribution in [0, 0.1) is 0 Å². The lowest BCUT2D eigenvalue weighted by Crippen LogP contribution is -1.71. The van der Waals surface area contributed by atoms with Gasteiger partial charge in [-0.3, -0.25) is 0 Å². The van der Waals surface area contributed by atoms with Crippen LogP contribution < -0.4 is 0 Å². The maximum absolute atomic E-state index is 2.46. The Bertz CT molecular complexity index is 177. The van der Waals surface area contributed by atoms with Crippen molar-refractivity contribution in [2.45, 2.75) is 2.74 Å². The third kappa shape index (κ3) is 0.269. The van der Waals surface area contributed by atoms with E-state index in [2.05, 4.69) is 45.7 Å². The first-order chi connectivity index (χ1) is 3.65. The third-order valence-electron chi connectivity index (χ3n) is 1.88. The molecule has 3 aliphatic heterocycles. The zero-order chi connectivity index (χ0) is 5.65. The molecule has 3 saturated heterocycles. The van der Waals surface area contributed by atoms with Crippen LogP contribution in [0.15, 0.2) is 0 Å². The largest absolute Gasteiger partial charge is 0.175 e. The molecule has 0 unspecified atom stereocenters. The highest BCUT2D eigenvalue weighted by Gasteiger charge is 3.11. The van der Waals surface area contributed by atoms with Gasteiger partial charge in [0.05, 0.1) is 0 Å². The average molecular weight is 202 g/mol. The van der Waals surface area contributed by atoms with Crippen molar-refractivity contribution in [3.8, 4) is 0 Å². The molecule has 48 valence electrons. The van der Waals surface area contributed by atoms with Crippen LogP contribution in [-0.4, -0.2) is 16.1 Å². The van der Waals surface area contributed by atoms with Gasteiger partial charge in [-0.25, -0.2) is 0 Å². The van der Waals surface area contributed by atoms with Gasteiger partial charge in [-0.2, -0.15) is 0 Å². The summed E-state index contributed by atoms with van der Waals surface area (Å²) in [6, 6.07) is 0. The predicted molar refractivity (Wildman–Crippen MR) is 53.3 cm³/mol. The van der Waals surface area contributed by atoms with Crippen molar-refractivity contribution in [3.05, 3.63) is 0 Å². The summed E-state index contributed by atoms with van der Waals surface area (Å²) in [6.45, 7) is 4.92. The molecule has 0 saturated carbocycles. The van der Waals surface area contributed by atoms with Crippen LogP contribution in [0.4, 0.5) is 0 Å². The predicted octanol–water partition coefficient (Wildman–Crippen LogP) is 3.31. The molecular weight excluding hydrogens is 195 g/mol. The molecule has 0 radical (unpaired) electrons. The molecule has 8 heavy (non-hydrogen) atoms. The van der Waals surface area contributed by atoms with E-state index in [0.29, 0.717) is 7.12 Å². The van der Waals surface area contributed by atoms with E-state index in [1.807, 2.05) is 0 Å². The molecule has 0 nitrogen and oxygen atoms in total. The minimum atomic E-state index is -0.807. The van der Waals surface area contributed by atoms with Gasteiger partial charge >= 0.3 is 0 Å². The lowest BCUT2D eigenvalue weighted by molar-refractivity contribution is 2.13. The third-order valence-corrected chi connectivity index (χ3v) is 42.2. The van der Waals surface area contributed by atoms with E-state index in [9.17, 15) is 0 Å². The molecule has 0 spiro atoms. The van der Waals surface area contributed by atoms with Crippen molar-refractivity contribution in [2.24, 2.45) is 0 Å². The number of rotatable bonds is 1. The Morgan fingerprint density at radius 3 is 1.62 bits per heavy atom. The summed E-state index contributed by atoms with van der Waals surface area (Å²) < 4.78 is 0.890. The van der Waals surface area contributed by atoms with Gasteiger partial charge in [0, 0.05) is 0 Å². The van der Waals surface area contributed by atoms with Crippen LogP contribution in [0.2, 0.25) is 0 Å². The summed E-state index contributed by atoms with van der Waals surface area (Å²) >= 11 is 0. The van der Waals surface area contributed by atoms with Crippen LogP contribution in [0.1, 0.15) is 0 Å². The van der Waals surface area contributed by atoms with Crippen LogP contribution in [0.3, 0.4) is 0 Å². The standard InChI is InChI=1S/C3H7PS4/c1-4(2)8-3(5-8,6-8)7-8/h8H,1-2H3. The molecule has 3 heterocycles. The lowest BCUT2D eigenvalue weighted by Gasteiger charge is -2.30. The summed E-state index contributed by atoms with van der Waals surface area (Å²) in [5, 5.41) is 0. The molecular formula is C3H7PS4. The minimum absolute atomic E-state index is 0.446. The maximum Gasteiger partial charge on any atom is 0.175 e. The van der Waals surface area contributed by atoms with Crippen molar-refractivity contribution in [1.29, 1.82) is 0 Å². The highest BCUT2D eigenvalue weighted by molar-refractivity contribution is 10.0. The van der Waals surface area contributed by atoms with Crippen LogP contribution in [0.25, 0.3) is 0 Å². The second-order valence-corrected chi connectivity index (χ2v) is 28.1. The van der Waals surface area contributed by atoms with Gasteiger partial charge in [-0.1, -0.05) is 39.5 Å². The van der Waals surface area contributed by atoms with E-state index in [1.165, 1.54) is 0 Å². The second kappa shape index (κ2) is 0.953. The van der Waals surface area contributed by atoms with Crippen LogP contribution in [0.5, 0.6) is 0 Å². The van der Waals surface area contributed by atoms with Gasteiger partial charge in [0.2, 0.25) is 0 Å². The van der Waals surface area contributed by atoms with E-state index < -0.39 is 5.88 Å². The zero-order valence-corrected chi connectivity index (χ0v) is 8.86. The summed E-state index contributed by atoms with van der Waals surface area (Å²) in [7, 11) is 7.47. The van der Waals surface area contributed by atoms with Crippen LogP contribution >= 0.6 is 45.4 Å². The fourth-order valence-corrected chi connectivity index (χ4v) is 47.3. The van der Waals surface area contributed by atoms with Crippen molar-refractivity contribution < 1.29 is 0 Å². The summed E-state index contributed by atoms with van der Waals surface area (Å²) in [4.78, 5) is 0. The Morgan fingerprint density at radius 1 is 1.25 bits per heavy atom. The van der Waals surface area contributed by atoms with Crippen molar-refractivity contribution in [3.63, 3.8) is 0 Å². The average Bonchev–Trinajstić information content (AvgIpc) is 2.02. The first kappa shape index (κ1) is 5.48. The monoisotopic (exact) mass is 202 g/mol. The summed E-state index contributed by atoms with van der Waals surface area (Å²) in [5.41, 5.74) is 0. The topological polar surface area (TPSA) is 0 Å². The number of hydrogen-bond donors (Lipinski definition) is 1. The molecule has 3 fully saturated rings. The minimum Gasteiger partial charge on any atom is -0.120 e. The second-order valence-electron chi connectivity index (χ2n) is 2.49. The maximum atomic E-state index is 2.46. The van der Waals surface area contributed by atoms with E-state index in [4.69, 9.17) is 0 Å². The van der Waals surface area contributed by atoms with Gasteiger partial charge < -0.3 is 0 Å². The zero-order valence-electron chi connectivity index (χ0n) is 4.62. The van der Waals surface area contributed by atoms with E-state index in [1.54, 1.807) is 0 Å². The van der Waals surface area contributed by atoms with E-state index in [0.717, 1.165) is 2.74 Å². The Balaban J connectivity index is 2.10. The van der Waals surface area contributed by atoms with Crippen molar-refractivity contribution >= 4 is 45.4 Å². The molecule has 5 heteroatoms. The first-order valence-electron chi connectivity index (χ1n) is 2.48. The number of thiol groups is 1. The summed E-state index contributed by atoms with van der Waals surface area (Å²) in [5.74, 6) is -0.807. The van der Waals surface area contributed by atoms with Crippen molar-refractivity contribution in [1.82, 2.24) is 0 Å². The molecule has 0 aromatic rings. The highest BCUT2D eigenvalue weighted by Crippen LogP contribution is 3.59. The number of hydrogen-bond acceptors (Lipinski definition) is 3. The quantitative estimate of drug-likeness (QED) is 0.300. The normalized spacial score (nSPS) is 62.1. The van der Waals surface area contributed by atoms with E-state index >= 15 is 0 Å². The van der Waals surface area contributed by atoms with Crippen molar-refractivity contribution in [2.75, 3.05) is 13.3 Å². The first-order valence-corrected chi connectivity index (χ1v) is 11.9. The Kier molecular flexibility index (Phi) is 0.653. The Labute approximate surface area is 61.3 Å². The molecule has 0 aliphatic carbocycles. The molecule has 0 atom stereocenters. The molecule has 3 aliphatic rings. The van der Waals surface area contributed by atoms with Gasteiger partial charge in [0.25, 0.3) is 0 Å². The van der Waals surface area contributed by atoms with E-state index in [-0.39, 0.29) is 0 Å². The molecule has 0 amide bonds. The smallest absolute Gasteiger partial charge is 0.120 e. The fraction of sp³-hybridized carbons (Fsp3) is 1.00. The molecule has 0 aromatic carbocycles. The molecule has 0 bridgehead atoms. The lowest BCUT2D eigenvalue weighted by atomic mass is 11.8. The molecule has 3 rings (SSSR count). The van der Waals surface area contributed by atoms with Gasteiger partial charge in [-0.15, -0.1) is 5.88 Å². The SMILES string of the molecule is CP(C)[SH]123SC1(S2)S3. The molecule has 0 N–H and O–H groups in total. The molecule has 0 aromatic heterocycles. The van der Waals surface area contributed by atoms with Gasteiger partial charge in [-0.05, 0) is 13.3 Å². The van der Waals surface area contributed by atoms with Crippen LogP contribution in [-0.2, 0) is 0 Å². The van der Waals surface area contributed by atoms with Gasteiger partial charge in [0.1, 0.15) is 0 Å².